The van der Waals surface area contributed by atoms with Crippen LogP contribution in [0.3, 0.4) is 0 Å². The topological polar surface area (TPSA) is 20.3 Å². The van der Waals surface area contributed by atoms with Gasteiger partial charge in [-0.25, -0.2) is 0 Å². The molecule has 0 aliphatic carbocycles. The van der Waals surface area contributed by atoms with E-state index in [9.17, 15) is 4.79 Å². The van der Waals surface area contributed by atoms with Crippen molar-refractivity contribution >= 4 is 5.91 Å². The van der Waals surface area contributed by atoms with Crippen molar-refractivity contribution < 1.29 is 4.79 Å². The SMILES string of the molecule is CCC(C)CCCCCCCCCCC/C=C\CC/C=C\CCCC(=O)N1CCCC1. The molecule has 1 amide bonds. The minimum absolute atomic E-state index is 0.362. The maximum Gasteiger partial charge on any atom is 0.222 e. The first-order valence-corrected chi connectivity index (χ1v) is 13.8. The average Bonchev–Trinajstić information content (AvgIpc) is 3.32. The van der Waals surface area contributed by atoms with E-state index in [0.29, 0.717) is 5.91 Å². The molecule has 0 spiro atoms. The molecule has 1 unspecified atom stereocenters. The first kappa shape index (κ1) is 28.0. The lowest BCUT2D eigenvalue weighted by molar-refractivity contribution is -0.130. The van der Waals surface area contributed by atoms with E-state index in [-0.39, 0.29) is 0 Å². The molecule has 2 heteroatoms. The highest BCUT2D eigenvalue weighted by Gasteiger charge is 2.16. The molecule has 2 nitrogen and oxygen atoms in total. The average molecular weight is 432 g/mol. The third kappa shape index (κ3) is 17.2. The molecule has 0 saturated carbocycles. The van der Waals surface area contributed by atoms with Gasteiger partial charge < -0.3 is 4.90 Å². The molecule has 1 aliphatic heterocycles. The number of carbonyl (C=O) groups excluding carboxylic acids is 1. The summed E-state index contributed by atoms with van der Waals surface area (Å²) >= 11 is 0. The van der Waals surface area contributed by atoms with Crippen LogP contribution in [0.5, 0.6) is 0 Å². The molecule has 1 aliphatic rings. The van der Waals surface area contributed by atoms with Gasteiger partial charge in [0.05, 0.1) is 0 Å². The van der Waals surface area contributed by atoms with E-state index in [1.165, 1.54) is 89.9 Å². The summed E-state index contributed by atoms with van der Waals surface area (Å²) in [7, 11) is 0. The fourth-order valence-corrected chi connectivity index (χ4v) is 4.36. The Morgan fingerprint density at radius 1 is 0.710 bits per heavy atom. The maximum atomic E-state index is 11.9. The summed E-state index contributed by atoms with van der Waals surface area (Å²) in [6.07, 6.45) is 33.6. The van der Waals surface area contributed by atoms with E-state index in [1.54, 1.807) is 0 Å². The van der Waals surface area contributed by atoms with Gasteiger partial charge in [-0.1, -0.05) is 102 Å². The van der Waals surface area contributed by atoms with E-state index >= 15 is 0 Å². The van der Waals surface area contributed by atoms with Gasteiger partial charge in [0.1, 0.15) is 0 Å². The second kappa shape index (κ2) is 20.8. The Bertz CT molecular complexity index is 461. The molecule has 0 N–H and O–H groups in total. The molecule has 1 saturated heterocycles. The fraction of sp³-hybridized carbons (Fsp3) is 0.828. The largest absolute Gasteiger partial charge is 0.343 e. The zero-order chi connectivity index (χ0) is 22.4. The molecule has 1 fully saturated rings. The second-order valence-electron chi connectivity index (χ2n) is 9.77. The lowest BCUT2D eigenvalue weighted by Gasteiger charge is -2.14. The van der Waals surface area contributed by atoms with Gasteiger partial charge >= 0.3 is 0 Å². The van der Waals surface area contributed by atoms with E-state index in [0.717, 1.165) is 51.1 Å². The van der Waals surface area contributed by atoms with Crippen molar-refractivity contribution in [3.8, 4) is 0 Å². The maximum absolute atomic E-state index is 11.9. The molecule has 1 rings (SSSR count). The van der Waals surface area contributed by atoms with Gasteiger partial charge in [0, 0.05) is 19.5 Å². The monoisotopic (exact) mass is 431 g/mol. The quantitative estimate of drug-likeness (QED) is 0.139. The molecule has 0 aromatic rings. The van der Waals surface area contributed by atoms with Gasteiger partial charge in [-0.2, -0.15) is 0 Å². The number of amides is 1. The number of nitrogens with zero attached hydrogens (tertiary/aromatic N) is 1. The molecule has 0 aromatic carbocycles. The highest BCUT2D eigenvalue weighted by atomic mass is 16.2. The van der Waals surface area contributed by atoms with Gasteiger partial charge in [0.15, 0.2) is 0 Å². The van der Waals surface area contributed by atoms with Crippen molar-refractivity contribution in [3.63, 3.8) is 0 Å². The summed E-state index contributed by atoms with van der Waals surface area (Å²) < 4.78 is 0. The van der Waals surface area contributed by atoms with Crippen LogP contribution in [0.25, 0.3) is 0 Å². The number of likely N-dealkylation sites (tertiary alicyclic amines) is 1. The van der Waals surface area contributed by atoms with Crippen molar-refractivity contribution in [3.05, 3.63) is 24.3 Å². The summed E-state index contributed by atoms with van der Waals surface area (Å²) in [5.41, 5.74) is 0. The van der Waals surface area contributed by atoms with Gasteiger partial charge in [-0.3, -0.25) is 4.79 Å². The predicted octanol–water partition coefficient (Wildman–Crippen LogP) is 9.01. The first-order chi connectivity index (χ1) is 15.2. The highest BCUT2D eigenvalue weighted by Crippen LogP contribution is 2.15. The van der Waals surface area contributed by atoms with Crippen LogP contribution in [0.1, 0.15) is 136 Å². The van der Waals surface area contributed by atoms with E-state index in [1.807, 2.05) is 4.90 Å². The minimum atomic E-state index is 0.362. The van der Waals surface area contributed by atoms with Crippen LogP contribution >= 0.6 is 0 Å². The molecular formula is C29H53NO. The summed E-state index contributed by atoms with van der Waals surface area (Å²) in [6, 6.07) is 0. The summed E-state index contributed by atoms with van der Waals surface area (Å²) in [4.78, 5) is 14.0. The van der Waals surface area contributed by atoms with Crippen LogP contribution in [0, 0.1) is 5.92 Å². The van der Waals surface area contributed by atoms with Gasteiger partial charge in [0.25, 0.3) is 0 Å². The van der Waals surface area contributed by atoms with E-state index in [2.05, 4.69) is 38.2 Å². The van der Waals surface area contributed by atoms with Gasteiger partial charge in [0.2, 0.25) is 5.91 Å². The lowest BCUT2D eigenvalue weighted by Crippen LogP contribution is -2.27. The van der Waals surface area contributed by atoms with Crippen LogP contribution < -0.4 is 0 Å². The zero-order valence-corrected chi connectivity index (χ0v) is 21.1. The van der Waals surface area contributed by atoms with Crippen molar-refractivity contribution in [2.75, 3.05) is 13.1 Å². The molecule has 1 atom stereocenters. The number of hydrogen-bond donors (Lipinski definition) is 0. The number of allylic oxidation sites excluding steroid dienone is 4. The Morgan fingerprint density at radius 3 is 1.77 bits per heavy atom. The Balaban J connectivity index is 1.76. The smallest absolute Gasteiger partial charge is 0.222 e. The van der Waals surface area contributed by atoms with Crippen molar-refractivity contribution in [1.82, 2.24) is 4.90 Å². The van der Waals surface area contributed by atoms with E-state index < -0.39 is 0 Å². The summed E-state index contributed by atoms with van der Waals surface area (Å²) in [5.74, 6) is 1.29. The van der Waals surface area contributed by atoms with Gasteiger partial charge in [-0.05, 0) is 57.3 Å². The van der Waals surface area contributed by atoms with Crippen LogP contribution in [-0.2, 0) is 4.79 Å². The highest BCUT2D eigenvalue weighted by molar-refractivity contribution is 5.76. The standard InChI is InChI=1S/C29H53NO/c1-3-28(2)24-20-18-16-14-12-10-8-6-4-5-7-9-11-13-15-17-19-21-25-29(31)30-26-22-23-27-30/h7,9,15,17,28H,3-6,8,10-14,16,18-27H2,1-2H3/b9-7-,17-15-. The molecule has 0 bridgehead atoms. The van der Waals surface area contributed by atoms with Crippen molar-refractivity contribution in [2.45, 2.75) is 136 Å². The Labute approximate surface area is 194 Å². The van der Waals surface area contributed by atoms with Crippen LogP contribution in [-0.4, -0.2) is 23.9 Å². The predicted molar refractivity (Wildman–Crippen MR) is 137 cm³/mol. The normalized spacial score (nSPS) is 15.5. The lowest BCUT2D eigenvalue weighted by atomic mass is 9.99. The molecular weight excluding hydrogens is 378 g/mol. The molecule has 0 aromatic heterocycles. The minimum Gasteiger partial charge on any atom is -0.343 e. The van der Waals surface area contributed by atoms with Crippen LogP contribution in [0.4, 0.5) is 0 Å². The van der Waals surface area contributed by atoms with Gasteiger partial charge in [-0.15, -0.1) is 0 Å². The van der Waals surface area contributed by atoms with Crippen molar-refractivity contribution in [2.24, 2.45) is 5.92 Å². The molecule has 31 heavy (non-hydrogen) atoms. The Morgan fingerprint density at radius 2 is 1.19 bits per heavy atom. The molecule has 1 heterocycles. The number of carbonyl (C=O) groups is 1. The Kier molecular flexibility index (Phi) is 18.8. The van der Waals surface area contributed by atoms with E-state index in [4.69, 9.17) is 0 Å². The summed E-state index contributed by atoms with van der Waals surface area (Å²) in [6.45, 7) is 6.66. The third-order valence-corrected chi connectivity index (χ3v) is 6.82. The fourth-order valence-electron chi connectivity index (χ4n) is 4.36. The molecule has 180 valence electrons. The molecule has 0 radical (unpaired) electrons. The first-order valence-electron chi connectivity index (χ1n) is 13.8. The number of unbranched alkanes of at least 4 members (excludes halogenated alkanes) is 11. The summed E-state index contributed by atoms with van der Waals surface area (Å²) in [5, 5.41) is 0. The Hall–Kier alpha value is -1.05. The van der Waals surface area contributed by atoms with Crippen LogP contribution in [0.15, 0.2) is 24.3 Å². The van der Waals surface area contributed by atoms with Crippen LogP contribution in [0.2, 0.25) is 0 Å². The zero-order valence-electron chi connectivity index (χ0n) is 21.1. The second-order valence-corrected chi connectivity index (χ2v) is 9.77. The third-order valence-electron chi connectivity index (χ3n) is 6.82. The number of rotatable bonds is 20. The van der Waals surface area contributed by atoms with Crippen molar-refractivity contribution in [1.29, 1.82) is 0 Å². The number of hydrogen-bond acceptors (Lipinski definition) is 1.